The molecule has 2 aromatic rings. The lowest BCUT2D eigenvalue weighted by atomic mass is 10.3. The third-order valence-corrected chi connectivity index (χ3v) is 5.57. The zero-order valence-electron chi connectivity index (χ0n) is 14.1. The van der Waals surface area contributed by atoms with Crippen molar-refractivity contribution in [1.29, 1.82) is 0 Å². The molecule has 0 bridgehead atoms. The number of carbonyl (C=O) groups excluding carboxylic acids is 2. The molecule has 0 aliphatic heterocycles. The second kappa shape index (κ2) is 8.57. The fourth-order valence-electron chi connectivity index (χ4n) is 2.22. The van der Waals surface area contributed by atoms with Crippen molar-refractivity contribution in [2.24, 2.45) is 5.84 Å². The molecule has 0 aliphatic carbocycles. The van der Waals surface area contributed by atoms with Gasteiger partial charge < -0.3 is 5.32 Å². The molecule has 4 N–H and O–H groups in total. The Morgan fingerprint density at radius 3 is 2.11 bits per heavy atom. The van der Waals surface area contributed by atoms with Crippen LogP contribution in [0.5, 0.6) is 0 Å². The first-order valence-corrected chi connectivity index (χ1v) is 9.69. The second-order valence-electron chi connectivity index (χ2n) is 5.41. The number of hydrogen-bond donors (Lipinski definition) is 3. The zero-order chi connectivity index (χ0) is 20.2. The number of halogens is 2. The van der Waals surface area contributed by atoms with E-state index in [0.717, 1.165) is 4.31 Å². The molecule has 0 atom stereocenters. The third kappa shape index (κ3) is 5.33. The zero-order valence-corrected chi connectivity index (χ0v) is 16.4. The standard InChI is InChI=1S/C16H16Cl2N4O4S/c1-10(23)20-13-2-4-15(5-3-13)27(25,26)22(9-16(24)21-19)14-7-11(17)6-12(18)8-14/h2-8H,9,19H2,1H3,(H,20,23)(H,21,24). The summed E-state index contributed by atoms with van der Waals surface area (Å²) < 4.78 is 27.0. The smallest absolute Gasteiger partial charge is 0.264 e. The molecule has 0 saturated carbocycles. The van der Waals surface area contributed by atoms with Gasteiger partial charge in [-0.3, -0.25) is 19.3 Å². The molecule has 8 nitrogen and oxygen atoms in total. The number of nitrogens with two attached hydrogens (primary N) is 1. The molecule has 2 amide bonds. The van der Waals surface area contributed by atoms with E-state index in [-0.39, 0.29) is 26.5 Å². The van der Waals surface area contributed by atoms with Gasteiger partial charge in [-0.2, -0.15) is 0 Å². The van der Waals surface area contributed by atoms with Gasteiger partial charge in [0, 0.05) is 22.7 Å². The van der Waals surface area contributed by atoms with Crippen molar-refractivity contribution < 1.29 is 18.0 Å². The summed E-state index contributed by atoms with van der Waals surface area (Å²) in [5.74, 6) is 4.07. The van der Waals surface area contributed by atoms with Gasteiger partial charge in [-0.1, -0.05) is 23.2 Å². The van der Waals surface area contributed by atoms with E-state index in [2.05, 4.69) is 5.32 Å². The average molecular weight is 431 g/mol. The Bertz CT molecular complexity index is 945. The lowest BCUT2D eigenvalue weighted by molar-refractivity contribution is -0.119. The van der Waals surface area contributed by atoms with E-state index < -0.39 is 22.5 Å². The Balaban J connectivity index is 2.49. The van der Waals surface area contributed by atoms with Crippen molar-refractivity contribution in [3.05, 3.63) is 52.5 Å². The molecule has 0 heterocycles. The normalized spacial score (nSPS) is 11.0. The number of nitrogens with one attached hydrogen (secondary N) is 2. The number of hydrazine groups is 1. The quantitative estimate of drug-likeness (QED) is 0.368. The third-order valence-electron chi connectivity index (χ3n) is 3.35. The van der Waals surface area contributed by atoms with Crippen LogP contribution in [0.15, 0.2) is 47.4 Å². The van der Waals surface area contributed by atoms with Crippen LogP contribution in [-0.4, -0.2) is 26.8 Å². The minimum absolute atomic E-state index is 0.0991. The molecule has 2 rings (SSSR count). The molecular formula is C16H16Cl2N4O4S. The Hall–Kier alpha value is -2.33. The van der Waals surface area contributed by atoms with E-state index in [4.69, 9.17) is 29.0 Å². The highest BCUT2D eigenvalue weighted by Crippen LogP contribution is 2.30. The SMILES string of the molecule is CC(=O)Nc1ccc(S(=O)(=O)N(CC(=O)NN)c2cc(Cl)cc(Cl)c2)cc1. The highest BCUT2D eigenvalue weighted by atomic mass is 35.5. The molecule has 0 saturated heterocycles. The summed E-state index contributed by atoms with van der Waals surface area (Å²) in [6.45, 7) is 0.754. The van der Waals surface area contributed by atoms with Gasteiger partial charge in [0.1, 0.15) is 6.54 Å². The van der Waals surface area contributed by atoms with Crippen LogP contribution in [0.4, 0.5) is 11.4 Å². The van der Waals surface area contributed by atoms with Crippen LogP contribution in [0.25, 0.3) is 0 Å². The minimum Gasteiger partial charge on any atom is -0.326 e. The number of benzene rings is 2. The van der Waals surface area contributed by atoms with Crippen molar-refractivity contribution in [3.8, 4) is 0 Å². The van der Waals surface area contributed by atoms with Crippen LogP contribution in [0.3, 0.4) is 0 Å². The summed E-state index contributed by atoms with van der Waals surface area (Å²) in [4.78, 5) is 22.8. The van der Waals surface area contributed by atoms with Gasteiger partial charge in [0.15, 0.2) is 0 Å². The lowest BCUT2D eigenvalue weighted by Gasteiger charge is -2.24. The molecule has 0 spiro atoms. The predicted octanol–water partition coefficient (Wildman–Crippen LogP) is 2.14. The molecule has 144 valence electrons. The van der Waals surface area contributed by atoms with Gasteiger partial charge >= 0.3 is 0 Å². The van der Waals surface area contributed by atoms with Crippen LogP contribution in [0.2, 0.25) is 10.0 Å². The fraction of sp³-hybridized carbons (Fsp3) is 0.125. The van der Waals surface area contributed by atoms with E-state index in [1.807, 2.05) is 5.43 Å². The first kappa shape index (κ1) is 21.0. The molecule has 0 aliphatic rings. The first-order chi connectivity index (χ1) is 12.6. The molecule has 27 heavy (non-hydrogen) atoms. The van der Waals surface area contributed by atoms with Crippen molar-refractivity contribution in [3.63, 3.8) is 0 Å². The summed E-state index contributed by atoms with van der Waals surface area (Å²) in [5.41, 5.74) is 2.42. The largest absolute Gasteiger partial charge is 0.326 e. The molecule has 0 radical (unpaired) electrons. The monoisotopic (exact) mass is 430 g/mol. The van der Waals surface area contributed by atoms with Crippen molar-refractivity contribution in [2.45, 2.75) is 11.8 Å². The van der Waals surface area contributed by atoms with E-state index in [1.165, 1.54) is 49.4 Å². The van der Waals surface area contributed by atoms with Crippen molar-refractivity contribution in [1.82, 2.24) is 5.43 Å². The van der Waals surface area contributed by atoms with E-state index in [0.29, 0.717) is 5.69 Å². The number of rotatable bonds is 6. The van der Waals surface area contributed by atoms with E-state index in [1.54, 1.807) is 0 Å². The average Bonchev–Trinajstić information content (AvgIpc) is 2.58. The maximum atomic E-state index is 13.1. The maximum absolute atomic E-state index is 13.1. The molecule has 0 fully saturated rings. The number of anilines is 2. The van der Waals surface area contributed by atoms with Crippen LogP contribution in [-0.2, 0) is 19.6 Å². The van der Waals surface area contributed by atoms with Gasteiger partial charge in [-0.05, 0) is 42.5 Å². The van der Waals surface area contributed by atoms with Crippen molar-refractivity contribution in [2.75, 3.05) is 16.2 Å². The summed E-state index contributed by atoms with van der Waals surface area (Å²) in [5, 5.41) is 2.94. The highest BCUT2D eigenvalue weighted by molar-refractivity contribution is 7.92. The number of nitrogens with zero attached hydrogens (tertiary/aromatic N) is 1. The number of sulfonamides is 1. The summed E-state index contributed by atoms with van der Waals surface area (Å²) in [7, 11) is -4.15. The predicted molar refractivity (Wildman–Crippen MR) is 104 cm³/mol. The van der Waals surface area contributed by atoms with Gasteiger partial charge in [-0.25, -0.2) is 14.3 Å². The number of hydrogen-bond acceptors (Lipinski definition) is 5. The Kier molecular flexibility index (Phi) is 6.66. The van der Waals surface area contributed by atoms with E-state index >= 15 is 0 Å². The van der Waals surface area contributed by atoms with Crippen LogP contribution >= 0.6 is 23.2 Å². The van der Waals surface area contributed by atoms with Crippen LogP contribution in [0.1, 0.15) is 6.92 Å². The fourth-order valence-corrected chi connectivity index (χ4v) is 4.13. The maximum Gasteiger partial charge on any atom is 0.264 e. The minimum atomic E-state index is -4.15. The van der Waals surface area contributed by atoms with Gasteiger partial charge in [0.2, 0.25) is 5.91 Å². The number of carbonyl (C=O) groups is 2. The molecular weight excluding hydrogens is 415 g/mol. The molecule has 0 unspecified atom stereocenters. The van der Waals surface area contributed by atoms with Gasteiger partial charge in [0.05, 0.1) is 10.6 Å². The number of amides is 2. The van der Waals surface area contributed by atoms with Gasteiger partial charge in [-0.15, -0.1) is 0 Å². The summed E-state index contributed by atoms with van der Waals surface area (Å²) >= 11 is 11.9. The van der Waals surface area contributed by atoms with Crippen molar-refractivity contribution >= 4 is 56.4 Å². The highest BCUT2D eigenvalue weighted by Gasteiger charge is 2.27. The Morgan fingerprint density at radius 2 is 1.63 bits per heavy atom. The molecule has 11 heteroatoms. The summed E-state index contributed by atoms with van der Waals surface area (Å²) in [6.07, 6.45) is 0. The second-order valence-corrected chi connectivity index (χ2v) is 8.15. The van der Waals surface area contributed by atoms with Crippen LogP contribution < -0.4 is 20.9 Å². The first-order valence-electron chi connectivity index (χ1n) is 7.49. The van der Waals surface area contributed by atoms with E-state index in [9.17, 15) is 18.0 Å². The summed E-state index contributed by atoms with van der Waals surface area (Å²) in [6, 6.07) is 9.63. The lowest BCUT2D eigenvalue weighted by Crippen LogP contribution is -2.43. The topological polar surface area (TPSA) is 122 Å². The molecule has 0 aromatic heterocycles. The van der Waals surface area contributed by atoms with Crippen LogP contribution in [0, 0.1) is 0 Å². The molecule has 2 aromatic carbocycles. The Labute approximate surface area is 166 Å². The Morgan fingerprint density at radius 1 is 1.07 bits per heavy atom. The van der Waals surface area contributed by atoms with Gasteiger partial charge in [0.25, 0.3) is 15.9 Å².